The molecule has 1 heterocycles. The van der Waals surface area contributed by atoms with Crippen molar-refractivity contribution in [1.82, 2.24) is 10.3 Å². The summed E-state index contributed by atoms with van der Waals surface area (Å²) in [6.45, 7) is 7.03. The summed E-state index contributed by atoms with van der Waals surface area (Å²) in [6, 6.07) is 0.438. The third-order valence-electron chi connectivity index (χ3n) is 2.11. The Labute approximate surface area is 96.1 Å². The molecule has 0 saturated carbocycles. The lowest BCUT2D eigenvalue weighted by Crippen LogP contribution is -2.30. The minimum Gasteiger partial charge on any atom is -0.313 e. The molecule has 0 radical (unpaired) electrons. The van der Waals surface area contributed by atoms with Crippen LogP contribution in [0.1, 0.15) is 31.0 Å². The van der Waals surface area contributed by atoms with Crippen molar-refractivity contribution in [3.05, 3.63) is 16.1 Å². The Balaban J connectivity index is 2.52. The molecule has 1 aromatic heterocycles. The van der Waals surface area contributed by atoms with E-state index in [4.69, 9.17) is 0 Å². The Morgan fingerprint density at radius 2 is 2.40 bits per heavy atom. The fourth-order valence-electron chi connectivity index (χ4n) is 1.44. The van der Waals surface area contributed by atoms with Gasteiger partial charge in [-0.15, -0.1) is 23.2 Å². The highest BCUT2D eigenvalue weighted by Crippen LogP contribution is 2.12. The van der Waals surface area contributed by atoms with Gasteiger partial charge in [0.1, 0.15) is 0 Å². The Kier molecular flexibility index (Phi) is 5.38. The van der Waals surface area contributed by atoms with Gasteiger partial charge < -0.3 is 5.32 Å². The first-order chi connectivity index (χ1) is 7.26. The van der Waals surface area contributed by atoms with Gasteiger partial charge in [0.05, 0.1) is 5.01 Å². The third kappa shape index (κ3) is 4.46. The Bertz CT molecular complexity index is 346. The van der Waals surface area contributed by atoms with Gasteiger partial charge in [0.25, 0.3) is 0 Å². The van der Waals surface area contributed by atoms with E-state index >= 15 is 0 Å². The Morgan fingerprint density at radius 3 is 2.93 bits per heavy atom. The second-order valence-corrected chi connectivity index (χ2v) is 4.41. The fraction of sp³-hybridized carbons (Fsp3) is 0.583. The van der Waals surface area contributed by atoms with Gasteiger partial charge >= 0.3 is 0 Å². The lowest BCUT2D eigenvalue weighted by molar-refractivity contribution is 0.534. The van der Waals surface area contributed by atoms with Crippen LogP contribution in [0.3, 0.4) is 0 Å². The maximum atomic E-state index is 4.47. The minimum atomic E-state index is 0.438. The summed E-state index contributed by atoms with van der Waals surface area (Å²) in [4.78, 5) is 4.47. The van der Waals surface area contributed by atoms with Crippen LogP contribution in [0.2, 0.25) is 0 Å². The molecule has 1 N–H and O–H groups in total. The van der Waals surface area contributed by atoms with Crippen LogP contribution >= 0.6 is 11.3 Å². The van der Waals surface area contributed by atoms with Crippen LogP contribution in [0.15, 0.2) is 5.38 Å². The van der Waals surface area contributed by atoms with Crippen LogP contribution in [-0.2, 0) is 6.42 Å². The van der Waals surface area contributed by atoms with E-state index in [0.29, 0.717) is 6.04 Å². The highest BCUT2D eigenvalue weighted by atomic mass is 32.1. The summed E-state index contributed by atoms with van der Waals surface area (Å²) in [5.74, 6) is 6.07. The summed E-state index contributed by atoms with van der Waals surface area (Å²) in [6.07, 6.45) is 1.89. The number of nitrogens with zero attached hydrogens (tertiary/aromatic N) is 1. The molecular weight excluding hydrogens is 204 g/mol. The molecule has 2 nitrogen and oxygen atoms in total. The smallest absolute Gasteiger partial charge is 0.0943 e. The van der Waals surface area contributed by atoms with Gasteiger partial charge in [-0.25, -0.2) is 4.98 Å². The second kappa shape index (κ2) is 6.60. The number of hydrogen-bond donors (Lipinski definition) is 1. The van der Waals surface area contributed by atoms with Gasteiger partial charge in [-0.2, -0.15) is 0 Å². The quantitative estimate of drug-likeness (QED) is 0.774. The molecule has 0 aliphatic rings. The van der Waals surface area contributed by atoms with E-state index in [0.717, 1.165) is 25.1 Å². The first-order valence-electron chi connectivity index (χ1n) is 5.30. The van der Waals surface area contributed by atoms with Crippen molar-refractivity contribution in [2.75, 3.05) is 6.54 Å². The molecule has 0 aliphatic carbocycles. The number of hydrogen-bond acceptors (Lipinski definition) is 3. The maximum absolute atomic E-state index is 4.47. The Morgan fingerprint density at radius 1 is 1.60 bits per heavy atom. The van der Waals surface area contributed by atoms with Crippen molar-refractivity contribution < 1.29 is 0 Å². The predicted molar refractivity (Wildman–Crippen MR) is 66.1 cm³/mol. The average molecular weight is 222 g/mol. The van der Waals surface area contributed by atoms with E-state index in [1.165, 1.54) is 5.01 Å². The number of thiazole rings is 1. The molecule has 0 aromatic carbocycles. The van der Waals surface area contributed by atoms with E-state index in [-0.39, 0.29) is 0 Å². The number of aromatic nitrogens is 1. The highest BCUT2D eigenvalue weighted by Gasteiger charge is 2.09. The molecule has 0 amide bonds. The molecule has 0 fully saturated rings. The molecule has 0 spiro atoms. The van der Waals surface area contributed by atoms with E-state index in [1.807, 2.05) is 13.8 Å². The molecule has 0 bridgehead atoms. The summed E-state index contributed by atoms with van der Waals surface area (Å²) in [7, 11) is 0. The number of aryl methyl sites for hydroxylation is 1. The van der Waals surface area contributed by atoms with Crippen LogP contribution in [0.5, 0.6) is 0 Å². The number of likely N-dealkylation sites (N-methyl/N-ethyl adjacent to an activating group) is 1. The lowest BCUT2D eigenvalue weighted by atomic mass is 10.1. The zero-order chi connectivity index (χ0) is 11.1. The van der Waals surface area contributed by atoms with Crippen LogP contribution < -0.4 is 5.32 Å². The molecule has 0 saturated heterocycles. The Hall–Kier alpha value is -0.850. The molecule has 1 aromatic rings. The SMILES string of the molecule is CC#CCC(Cc1nc(C)cs1)NCC. The minimum absolute atomic E-state index is 0.438. The van der Waals surface area contributed by atoms with Crippen LogP contribution in [0.25, 0.3) is 0 Å². The van der Waals surface area contributed by atoms with E-state index < -0.39 is 0 Å². The summed E-state index contributed by atoms with van der Waals surface area (Å²) < 4.78 is 0. The zero-order valence-corrected chi connectivity index (χ0v) is 10.4. The normalized spacial score (nSPS) is 11.9. The molecular formula is C12H18N2S. The van der Waals surface area contributed by atoms with Crippen LogP contribution in [-0.4, -0.2) is 17.6 Å². The van der Waals surface area contributed by atoms with E-state index in [1.54, 1.807) is 11.3 Å². The van der Waals surface area contributed by atoms with Gasteiger partial charge in [0.2, 0.25) is 0 Å². The van der Waals surface area contributed by atoms with E-state index in [9.17, 15) is 0 Å². The van der Waals surface area contributed by atoms with Crippen molar-refractivity contribution in [3.8, 4) is 11.8 Å². The monoisotopic (exact) mass is 222 g/mol. The molecule has 0 aliphatic heterocycles. The predicted octanol–water partition coefficient (Wildman–Crippen LogP) is 2.39. The highest BCUT2D eigenvalue weighted by molar-refractivity contribution is 7.09. The van der Waals surface area contributed by atoms with Crippen molar-refractivity contribution >= 4 is 11.3 Å². The molecule has 3 heteroatoms. The molecule has 1 rings (SSSR count). The average Bonchev–Trinajstić information content (AvgIpc) is 2.61. The third-order valence-corrected chi connectivity index (χ3v) is 3.09. The van der Waals surface area contributed by atoms with Crippen LogP contribution in [0.4, 0.5) is 0 Å². The molecule has 1 atom stereocenters. The van der Waals surface area contributed by atoms with Crippen LogP contribution in [0, 0.1) is 18.8 Å². The van der Waals surface area contributed by atoms with Gasteiger partial charge in [-0.1, -0.05) is 6.92 Å². The zero-order valence-electron chi connectivity index (χ0n) is 9.63. The van der Waals surface area contributed by atoms with Crippen molar-refractivity contribution in [3.63, 3.8) is 0 Å². The first-order valence-corrected chi connectivity index (χ1v) is 6.18. The lowest BCUT2D eigenvalue weighted by Gasteiger charge is -2.13. The second-order valence-electron chi connectivity index (χ2n) is 3.47. The van der Waals surface area contributed by atoms with Crippen molar-refractivity contribution in [2.45, 2.75) is 39.7 Å². The molecule has 82 valence electrons. The summed E-state index contributed by atoms with van der Waals surface area (Å²) in [5.41, 5.74) is 1.12. The number of rotatable bonds is 5. The van der Waals surface area contributed by atoms with Gasteiger partial charge in [0, 0.05) is 30.0 Å². The number of nitrogens with one attached hydrogen (secondary N) is 1. The standard InChI is InChI=1S/C12H18N2S/c1-4-6-7-11(13-5-2)8-12-14-10(3)9-15-12/h9,11,13H,5,7-8H2,1-3H3. The van der Waals surface area contributed by atoms with Gasteiger partial charge in [0.15, 0.2) is 0 Å². The van der Waals surface area contributed by atoms with Gasteiger partial charge in [-0.05, 0) is 20.4 Å². The summed E-state index contributed by atoms with van der Waals surface area (Å²) in [5, 5.41) is 6.75. The largest absolute Gasteiger partial charge is 0.313 e. The molecule has 15 heavy (non-hydrogen) atoms. The summed E-state index contributed by atoms with van der Waals surface area (Å²) >= 11 is 1.74. The van der Waals surface area contributed by atoms with Crippen molar-refractivity contribution in [1.29, 1.82) is 0 Å². The molecule has 1 unspecified atom stereocenters. The van der Waals surface area contributed by atoms with E-state index in [2.05, 4.69) is 34.4 Å². The fourth-order valence-corrected chi connectivity index (χ4v) is 2.29. The first kappa shape index (κ1) is 12.2. The topological polar surface area (TPSA) is 24.9 Å². The van der Waals surface area contributed by atoms with Gasteiger partial charge in [-0.3, -0.25) is 0 Å². The van der Waals surface area contributed by atoms with Crippen molar-refractivity contribution in [2.24, 2.45) is 0 Å². The maximum Gasteiger partial charge on any atom is 0.0943 e.